The summed E-state index contributed by atoms with van der Waals surface area (Å²) in [5.74, 6) is 1.28. The van der Waals surface area contributed by atoms with E-state index in [2.05, 4.69) is 11.8 Å². The second-order valence-electron chi connectivity index (χ2n) is 6.09. The Morgan fingerprint density at radius 2 is 1.89 bits per heavy atom. The zero-order chi connectivity index (χ0) is 13.0. The van der Waals surface area contributed by atoms with Crippen LogP contribution in [0.2, 0.25) is 0 Å². The van der Waals surface area contributed by atoms with E-state index in [4.69, 9.17) is 5.73 Å². The van der Waals surface area contributed by atoms with E-state index in [9.17, 15) is 4.79 Å². The van der Waals surface area contributed by atoms with Crippen molar-refractivity contribution in [2.45, 2.75) is 64.3 Å². The molecule has 3 atom stereocenters. The Kier molecular flexibility index (Phi) is 5.04. The zero-order valence-corrected chi connectivity index (χ0v) is 11.7. The predicted molar refractivity (Wildman–Crippen MR) is 74.1 cm³/mol. The zero-order valence-electron chi connectivity index (χ0n) is 11.7. The molecule has 3 unspecified atom stereocenters. The van der Waals surface area contributed by atoms with E-state index >= 15 is 0 Å². The van der Waals surface area contributed by atoms with Gasteiger partial charge in [0.1, 0.15) is 0 Å². The summed E-state index contributed by atoms with van der Waals surface area (Å²) in [4.78, 5) is 14.7. The van der Waals surface area contributed by atoms with E-state index in [1.807, 2.05) is 0 Å². The fourth-order valence-corrected chi connectivity index (χ4v) is 3.49. The highest BCUT2D eigenvalue weighted by Gasteiger charge is 2.32. The minimum absolute atomic E-state index is 0.108. The van der Waals surface area contributed by atoms with Crippen LogP contribution < -0.4 is 5.73 Å². The van der Waals surface area contributed by atoms with Crippen LogP contribution in [0.4, 0.5) is 0 Å². The van der Waals surface area contributed by atoms with Crippen molar-refractivity contribution >= 4 is 5.91 Å². The van der Waals surface area contributed by atoms with Gasteiger partial charge in [0.25, 0.3) is 0 Å². The van der Waals surface area contributed by atoms with E-state index in [-0.39, 0.29) is 12.0 Å². The summed E-state index contributed by atoms with van der Waals surface area (Å²) < 4.78 is 0. The first-order valence-electron chi connectivity index (χ1n) is 7.76. The normalized spacial score (nSPS) is 34.1. The van der Waals surface area contributed by atoms with Crippen molar-refractivity contribution < 1.29 is 4.79 Å². The lowest BCUT2D eigenvalue weighted by Gasteiger charge is -2.32. The molecule has 1 saturated heterocycles. The topological polar surface area (TPSA) is 46.3 Å². The molecule has 0 bridgehead atoms. The van der Waals surface area contributed by atoms with E-state index in [1.54, 1.807) is 0 Å². The molecule has 2 aliphatic rings. The molecule has 1 saturated carbocycles. The third-order valence-electron chi connectivity index (χ3n) is 4.87. The van der Waals surface area contributed by atoms with E-state index in [0.29, 0.717) is 5.91 Å². The maximum absolute atomic E-state index is 12.6. The standard InChI is InChI=1S/C15H28N2O/c1-2-12-6-5-10-17(11-9-12)15(18)13-7-3-4-8-14(13)16/h12-14H,2-11,16H2,1H3. The summed E-state index contributed by atoms with van der Waals surface area (Å²) >= 11 is 0. The van der Waals surface area contributed by atoms with Crippen LogP contribution in [0, 0.1) is 11.8 Å². The van der Waals surface area contributed by atoms with Gasteiger partial charge in [-0.3, -0.25) is 4.79 Å². The number of hydrogen-bond acceptors (Lipinski definition) is 2. The van der Waals surface area contributed by atoms with Crippen LogP contribution in [0.5, 0.6) is 0 Å². The summed E-state index contributed by atoms with van der Waals surface area (Å²) in [5, 5.41) is 0. The highest BCUT2D eigenvalue weighted by molar-refractivity contribution is 5.79. The maximum Gasteiger partial charge on any atom is 0.227 e. The number of carbonyl (C=O) groups is 1. The minimum atomic E-state index is 0.108. The lowest BCUT2D eigenvalue weighted by molar-refractivity contribution is -0.137. The molecular formula is C15H28N2O. The average Bonchev–Trinajstić information content (AvgIpc) is 2.63. The Labute approximate surface area is 111 Å². The van der Waals surface area contributed by atoms with Crippen molar-refractivity contribution in [1.82, 2.24) is 4.90 Å². The Balaban J connectivity index is 1.91. The van der Waals surface area contributed by atoms with Gasteiger partial charge < -0.3 is 10.6 Å². The molecule has 2 fully saturated rings. The van der Waals surface area contributed by atoms with Crippen molar-refractivity contribution in [2.24, 2.45) is 17.6 Å². The molecule has 2 rings (SSSR count). The van der Waals surface area contributed by atoms with Crippen molar-refractivity contribution in [3.8, 4) is 0 Å². The van der Waals surface area contributed by atoms with E-state index < -0.39 is 0 Å². The van der Waals surface area contributed by atoms with Gasteiger partial charge in [0, 0.05) is 19.1 Å². The molecule has 104 valence electrons. The lowest BCUT2D eigenvalue weighted by atomic mass is 9.84. The molecule has 3 heteroatoms. The molecule has 0 aromatic heterocycles. The van der Waals surface area contributed by atoms with Gasteiger partial charge >= 0.3 is 0 Å². The summed E-state index contributed by atoms with van der Waals surface area (Å²) in [7, 11) is 0. The first-order valence-corrected chi connectivity index (χ1v) is 7.76. The molecule has 2 N–H and O–H groups in total. The van der Waals surface area contributed by atoms with Crippen molar-refractivity contribution in [3.63, 3.8) is 0 Å². The Morgan fingerprint density at radius 3 is 2.61 bits per heavy atom. The van der Waals surface area contributed by atoms with Gasteiger partial charge in [-0.2, -0.15) is 0 Å². The molecule has 3 nitrogen and oxygen atoms in total. The number of nitrogens with zero attached hydrogens (tertiary/aromatic N) is 1. The van der Waals surface area contributed by atoms with Gasteiger partial charge in [0.2, 0.25) is 5.91 Å². The molecular weight excluding hydrogens is 224 g/mol. The number of amides is 1. The van der Waals surface area contributed by atoms with Crippen molar-refractivity contribution in [2.75, 3.05) is 13.1 Å². The van der Waals surface area contributed by atoms with Crippen molar-refractivity contribution in [3.05, 3.63) is 0 Å². The Hall–Kier alpha value is -0.570. The lowest BCUT2D eigenvalue weighted by Crippen LogP contribution is -2.46. The molecule has 0 radical (unpaired) electrons. The van der Waals surface area contributed by atoms with Crippen LogP contribution in [0.25, 0.3) is 0 Å². The van der Waals surface area contributed by atoms with Crippen LogP contribution in [0.3, 0.4) is 0 Å². The first kappa shape index (κ1) is 13.9. The summed E-state index contributed by atoms with van der Waals surface area (Å²) in [6.45, 7) is 4.18. The SMILES string of the molecule is CCC1CCCN(C(=O)C2CCCCC2N)CC1. The Bertz CT molecular complexity index is 280. The molecule has 1 aliphatic heterocycles. The first-order chi connectivity index (χ1) is 8.72. The molecule has 0 spiro atoms. The molecule has 1 aliphatic carbocycles. The van der Waals surface area contributed by atoms with Crippen LogP contribution in [0.1, 0.15) is 58.3 Å². The second-order valence-corrected chi connectivity index (χ2v) is 6.09. The second kappa shape index (κ2) is 6.55. The maximum atomic E-state index is 12.6. The number of hydrogen-bond donors (Lipinski definition) is 1. The summed E-state index contributed by atoms with van der Waals surface area (Å²) in [6, 6.07) is 0.108. The minimum Gasteiger partial charge on any atom is -0.342 e. The van der Waals surface area contributed by atoms with Gasteiger partial charge in [-0.25, -0.2) is 0 Å². The van der Waals surface area contributed by atoms with Crippen LogP contribution in [-0.4, -0.2) is 29.9 Å². The summed E-state index contributed by atoms with van der Waals surface area (Å²) in [6.07, 6.45) is 9.31. The van der Waals surface area contributed by atoms with Crippen LogP contribution >= 0.6 is 0 Å². The molecule has 0 aromatic carbocycles. The summed E-state index contributed by atoms with van der Waals surface area (Å²) in [5.41, 5.74) is 6.13. The van der Waals surface area contributed by atoms with E-state index in [0.717, 1.165) is 31.8 Å². The number of nitrogens with two attached hydrogens (primary N) is 1. The molecule has 1 heterocycles. The number of carbonyl (C=O) groups excluding carboxylic acids is 1. The van der Waals surface area contributed by atoms with Gasteiger partial charge in [-0.1, -0.05) is 26.2 Å². The highest BCUT2D eigenvalue weighted by atomic mass is 16.2. The number of rotatable bonds is 2. The van der Waals surface area contributed by atoms with Gasteiger partial charge in [0.15, 0.2) is 0 Å². The quantitative estimate of drug-likeness (QED) is 0.821. The monoisotopic (exact) mass is 252 g/mol. The Morgan fingerprint density at radius 1 is 1.11 bits per heavy atom. The van der Waals surface area contributed by atoms with Crippen LogP contribution in [0.15, 0.2) is 0 Å². The van der Waals surface area contributed by atoms with Crippen LogP contribution in [-0.2, 0) is 4.79 Å². The average molecular weight is 252 g/mol. The molecule has 18 heavy (non-hydrogen) atoms. The third kappa shape index (κ3) is 3.25. The molecule has 1 amide bonds. The largest absolute Gasteiger partial charge is 0.342 e. The van der Waals surface area contributed by atoms with Crippen molar-refractivity contribution in [1.29, 1.82) is 0 Å². The number of likely N-dealkylation sites (tertiary alicyclic amines) is 1. The fraction of sp³-hybridized carbons (Fsp3) is 0.933. The smallest absolute Gasteiger partial charge is 0.227 e. The fourth-order valence-electron chi connectivity index (χ4n) is 3.49. The van der Waals surface area contributed by atoms with Gasteiger partial charge in [-0.15, -0.1) is 0 Å². The van der Waals surface area contributed by atoms with E-state index in [1.165, 1.54) is 38.5 Å². The highest BCUT2D eigenvalue weighted by Crippen LogP contribution is 2.27. The predicted octanol–water partition coefficient (Wildman–Crippen LogP) is 2.54. The third-order valence-corrected chi connectivity index (χ3v) is 4.87. The van der Waals surface area contributed by atoms with Gasteiger partial charge in [-0.05, 0) is 38.0 Å². The van der Waals surface area contributed by atoms with Gasteiger partial charge in [0.05, 0.1) is 5.92 Å². The molecule has 0 aromatic rings.